The summed E-state index contributed by atoms with van der Waals surface area (Å²) in [5, 5.41) is 6.21. The molecule has 0 unspecified atom stereocenters. The van der Waals surface area contributed by atoms with Crippen LogP contribution < -0.4 is 4.90 Å². The van der Waals surface area contributed by atoms with Gasteiger partial charge in [0.2, 0.25) is 0 Å². The highest BCUT2D eigenvalue weighted by atomic mass is 35.5. The van der Waals surface area contributed by atoms with Crippen molar-refractivity contribution in [3.63, 3.8) is 0 Å². The zero-order chi connectivity index (χ0) is 30.1. The van der Waals surface area contributed by atoms with E-state index in [1.165, 1.54) is 71.9 Å². The monoisotopic (exact) mass is 581 g/mol. The van der Waals surface area contributed by atoms with Crippen LogP contribution in [0, 0.1) is 0 Å². The molecule has 1 aliphatic heterocycles. The molecule has 0 saturated heterocycles. The number of hydrogen-bond acceptors (Lipinski definition) is 1. The number of likely N-dealkylation sites (N-methyl/N-ethyl adjacent to an activating group) is 1. The first-order valence-electron chi connectivity index (χ1n) is 15.6. The number of fused-ring (bicyclic) bond motifs is 6. The average molecular weight is 582 g/mol. The molecule has 1 heterocycles. The number of nitrogens with zero attached hydrogens (tertiary/aromatic N) is 1. The lowest BCUT2D eigenvalue weighted by Gasteiger charge is -2.25. The molecule has 4 aromatic carbocycles. The van der Waals surface area contributed by atoms with Crippen molar-refractivity contribution in [3.05, 3.63) is 141 Å². The second-order valence-electron chi connectivity index (χ2n) is 13.5. The predicted molar refractivity (Wildman–Crippen MR) is 187 cm³/mol. The molecule has 3 aliphatic rings. The average Bonchev–Trinajstić information content (AvgIpc) is 3.33. The topological polar surface area (TPSA) is 3.24 Å². The Morgan fingerprint density at radius 2 is 1.37 bits per heavy atom. The Morgan fingerprint density at radius 3 is 2.09 bits per heavy atom. The SMILES string of the molecule is CC1=C(/C=C\C2=C(Cl)C(=C/C=C3\N(C)c4ccc5ccccc5c4C3(C)C)CCC2)C(C)(C)c2c1ccc1ccccc21. The van der Waals surface area contributed by atoms with E-state index in [0.29, 0.717) is 0 Å². The van der Waals surface area contributed by atoms with Crippen LogP contribution in [0.5, 0.6) is 0 Å². The van der Waals surface area contributed by atoms with Crippen molar-refractivity contribution >= 4 is 44.4 Å². The molecule has 0 spiro atoms. The highest BCUT2D eigenvalue weighted by Gasteiger charge is 2.40. The van der Waals surface area contributed by atoms with E-state index in [2.05, 4.69) is 144 Å². The van der Waals surface area contributed by atoms with Gasteiger partial charge in [0.25, 0.3) is 0 Å². The zero-order valence-electron chi connectivity index (χ0n) is 26.2. The van der Waals surface area contributed by atoms with Crippen molar-refractivity contribution in [1.29, 1.82) is 0 Å². The van der Waals surface area contributed by atoms with Gasteiger partial charge in [-0.2, -0.15) is 0 Å². The van der Waals surface area contributed by atoms with Crippen LogP contribution in [0.1, 0.15) is 70.6 Å². The normalized spacial score (nSPS) is 21.2. The lowest BCUT2D eigenvalue weighted by Crippen LogP contribution is -2.22. The Hall–Kier alpha value is -3.81. The molecule has 0 amide bonds. The van der Waals surface area contributed by atoms with Gasteiger partial charge in [-0.05, 0) is 98.9 Å². The molecule has 0 bridgehead atoms. The van der Waals surface area contributed by atoms with Gasteiger partial charge in [-0.25, -0.2) is 0 Å². The fraction of sp³-hybridized carbons (Fsp3) is 0.268. The number of hydrogen-bond donors (Lipinski definition) is 0. The van der Waals surface area contributed by atoms with E-state index in [4.69, 9.17) is 11.6 Å². The minimum absolute atomic E-state index is 0.0701. The molecule has 4 aromatic rings. The van der Waals surface area contributed by atoms with Crippen molar-refractivity contribution in [2.45, 2.75) is 64.7 Å². The molecule has 0 N–H and O–H groups in total. The smallest absolute Gasteiger partial charge is 0.0469 e. The maximum atomic E-state index is 7.17. The summed E-state index contributed by atoms with van der Waals surface area (Å²) in [7, 11) is 2.19. The summed E-state index contributed by atoms with van der Waals surface area (Å²) < 4.78 is 0. The second-order valence-corrected chi connectivity index (χ2v) is 13.9. The molecular weight excluding hydrogens is 542 g/mol. The van der Waals surface area contributed by atoms with Crippen LogP contribution in [0.2, 0.25) is 0 Å². The Bertz CT molecular complexity index is 1970. The Kier molecular flexibility index (Phi) is 6.60. The Labute approximate surface area is 261 Å². The largest absolute Gasteiger partial charge is 0.347 e. The van der Waals surface area contributed by atoms with Crippen LogP contribution in [-0.2, 0) is 10.8 Å². The van der Waals surface area contributed by atoms with Gasteiger partial charge in [-0.3, -0.25) is 0 Å². The van der Waals surface area contributed by atoms with Crippen LogP contribution in [-0.4, -0.2) is 7.05 Å². The van der Waals surface area contributed by atoms with Gasteiger partial charge >= 0.3 is 0 Å². The molecule has 43 heavy (non-hydrogen) atoms. The third-order valence-electron chi connectivity index (χ3n) is 10.3. The van der Waals surface area contributed by atoms with Crippen molar-refractivity contribution in [3.8, 4) is 0 Å². The molecule has 7 rings (SSSR count). The molecule has 216 valence electrons. The first-order chi connectivity index (χ1) is 20.6. The molecular formula is C41H40ClN. The third kappa shape index (κ3) is 4.27. The van der Waals surface area contributed by atoms with Gasteiger partial charge in [0, 0.05) is 34.3 Å². The summed E-state index contributed by atoms with van der Waals surface area (Å²) in [5.74, 6) is 0. The van der Waals surface area contributed by atoms with Gasteiger partial charge < -0.3 is 4.90 Å². The van der Waals surface area contributed by atoms with Gasteiger partial charge in [0.1, 0.15) is 0 Å². The summed E-state index contributed by atoms with van der Waals surface area (Å²) in [6.07, 6.45) is 12.4. The van der Waals surface area contributed by atoms with Gasteiger partial charge in [0.15, 0.2) is 0 Å². The van der Waals surface area contributed by atoms with Gasteiger partial charge in [-0.1, -0.05) is 124 Å². The van der Waals surface area contributed by atoms with E-state index in [-0.39, 0.29) is 10.8 Å². The maximum absolute atomic E-state index is 7.17. The maximum Gasteiger partial charge on any atom is 0.0469 e. The van der Waals surface area contributed by atoms with E-state index < -0.39 is 0 Å². The van der Waals surface area contributed by atoms with Crippen LogP contribution in [0.25, 0.3) is 27.1 Å². The Morgan fingerprint density at radius 1 is 0.721 bits per heavy atom. The van der Waals surface area contributed by atoms with Gasteiger partial charge in [-0.15, -0.1) is 0 Å². The highest BCUT2D eigenvalue weighted by Crippen LogP contribution is 2.51. The molecule has 2 heteroatoms. The lowest BCUT2D eigenvalue weighted by atomic mass is 9.78. The van der Waals surface area contributed by atoms with E-state index in [9.17, 15) is 0 Å². The van der Waals surface area contributed by atoms with Crippen molar-refractivity contribution in [1.82, 2.24) is 0 Å². The molecule has 0 radical (unpaired) electrons. The summed E-state index contributed by atoms with van der Waals surface area (Å²) in [6.45, 7) is 11.7. The van der Waals surface area contributed by atoms with E-state index in [0.717, 1.165) is 24.3 Å². The molecule has 0 fully saturated rings. The summed E-state index contributed by atoms with van der Waals surface area (Å²) in [5.41, 5.74) is 11.9. The standard InChI is InChI=1S/C41H40ClN/c1-26-31-22-18-27-12-7-9-16-32(27)37(31)40(2,3)34(26)23-19-29-14-11-15-30(39(29)42)21-25-36-41(4,5)38-33-17-10-8-13-28(33)20-24-35(38)43(36)6/h7-10,12-13,16-25H,11,14-15H2,1-6H3/b23-19-,30-21?,36-25-. The summed E-state index contributed by atoms with van der Waals surface area (Å²) >= 11 is 7.17. The molecule has 2 aliphatic carbocycles. The minimum Gasteiger partial charge on any atom is -0.347 e. The number of anilines is 1. The first kappa shape index (κ1) is 28.0. The first-order valence-corrected chi connectivity index (χ1v) is 16.0. The van der Waals surface area contributed by atoms with Crippen LogP contribution in [0.3, 0.4) is 0 Å². The number of rotatable bonds is 3. The fourth-order valence-corrected chi connectivity index (χ4v) is 8.42. The van der Waals surface area contributed by atoms with Crippen molar-refractivity contribution in [2.24, 2.45) is 0 Å². The Balaban J connectivity index is 1.22. The highest BCUT2D eigenvalue weighted by molar-refractivity contribution is 6.32. The number of benzene rings is 4. The van der Waals surface area contributed by atoms with Crippen LogP contribution >= 0.6 is 11.6 Å². The van der Waals surface area contributed by atoms with Crippen molar-refractivity contribution in [2.75, 3.05) is 11.9 Å². The van der Waals surface area contributed by atoms with E-state index in [1.807, 2.05) is 0 Å². The van der Waals surface area contributed by atoms with Crippen LogP contribution in [0.4, 0.5) is 5.69 Å². The predicted octanol–water partition coefficient (Wildman–Crippen LogP) is 11.5. The quantitative estimate of drug-likeness (QED) is 0.232. The number of halogens is 1. The second kappa shape index (κ2) is 10.1. The summed E-state index contributed by atoms with van der Waals surface area (Å²) in [4.78, 5) is 2.36. The van der Waals surface area contributed by atoms with Crippen molar-refractivity contribution < 1.29 is 0 Å². The lowest BCUT2D eigenvalue weighted by molar-refractivity contribution is 0.645. The molecule has 0 atom stereocenters. The summed E-state index contributed by atoms with van der Waals surface area (Å²) in [6, 6.07) is 26.6. The van der Waals surface area contributed by atoms with Gasteiger partial charge in [0.05, 0.1) is 0 Å². The van der Waals surface area contributed by atoms with E-state index >= 15 is 0 Å². The third-order valence-corrected chi connectivity index (χ3v) is 10.8. The molecule has 0 aromatic heterocycles. The fourth-order valence-electron chi connectivity index (χ4n) is 8.10. The minimum atomic E-state index is -0.104. The number of allylic oxidation sites excluding steroid dienone is 10. The van der Waals surface area contributed by atoms with Crippen LogP contribution in [0.15, 0.2) is 125 Å². The van der Waals surface area contributed by atoms with E-state index in [1.54, 1.807) is 0 Å². The molecule has 1 nitrogen and oxygen atoms in total. The molecule has 0 saturated carbocycles. The zero-order valence-corrected chi connectivity index (χ0v) is 26.9.